The van der Waals surface area contributed by atoms with Gasteiger partial charge >= 0.3 is 6.03 Å². The number of hydrogen-bond acceptors (Lipinski definition) is 2. The van der Waals surface area contributed by atoms with E-state index in [0.717, 1.165) is 19.3 Å². The maximum absolute atomic E-state index is 11.7. The third-order valence-corrected chi connectivity index (χ3v) is 3.14. The van der Waals surface area contributed by atoms with Crippen LogP contribution < -0.4 is 10.6 Å². The lowest BCUT2D eigenvalue weighted by atomic mass is 9.96. The van der Waals surface area contributed by atoms with Crippen molar-refractivity contribution in [3.8, 4) is 0 Å². The van der Waals surface area contributed by atoms with E-state index in [9.17, 15) is 4.79 Å². The van der Waals surface area contributed by atoms with Crippen molar-refractivity contribution in [1.29, 1.82) is 0 Å². The molecule has 0 unspecified atom stereocenters. The van der Waals surface area contributed by atoms with E-state index in [0.29, 0.717) is 12.6 Å². The van der Waals surface area contributed by atoms with Gasteiger partial charge in [0.25, 0.3) is 0 Å². The minimum atomic E-state index is -0.0456. The molecule has 0 bridgehead atoms. The molecule has 1 saturated carbocycles. The van der Waals surface area contributed by atoms with Crippen molar-refractivity contribution in [2.24, 2.45) is 0 Å². The van der Waals surface area contributed by atoms with Gasteiger partial charge in [0.2, 0.25) is 0 Å². The van der Waals surface area contributed by atoms with Gasteiger partial charge in [-0.25, -0.2) is 4.79 Å². The van der Waals surface area contributed by atoms with E-state index < -0.39 is 0 Å². The van der Waals surface area contributed by atoms with Crippen molar-refractivity contribution in [3.63, 3.8) is 0 Å². The van der Waals surface area contributed by atoms with Crippen LogP contribution in [0.25, 0.3) is 0 Å². The maximum atomic E-state index is 11.7. The van der Waals surface area contributed by atoms with Gasteiger partial charge in [0.05, 0.1) is 12.6 Å². The van der Waals surface area contributed by atoms with E-state index in [4.69, 9.17) is 4.74 Å². The summed E-state index contributed by atoms with van der Waals surface area (Å²) >= 11 is 0. The van der Waals surface area contributed by atoms with Crippen LogP contribution in [-0.4, -0.2) is 31.8 Å². The Labute approximate surface area is 98.1 Å². The monoisotopic (exact) mass is 228 g/mol. The molecule has 0 aromatic rings. The number of methoxy groups -OCH3 is 1. The Balaban J connectivity index is 2.22. The lowest BCUT2D eigenvalue weighted by Gasteiger charge is -2.24. The third kappa shape index (κ3) is 4.84. The van der Waals surface area contributed by atoms with E-state index in [1.54, 1.807) is 7.11 Å². The minimum absolute atomic E-state index is 0.0456. The lowest BCUT2D eigenvalue weighted by Crippen LogP contribution is -2.47. The third-order valence-electron chi connectivity index (χ3n) is 3.14. The molecule has 0 saturated heterocycles. The van der Waals surface area contributed by atoms with Crippen LogP contribution in [0.1, 0.15) is 45.4 Å². The van der Waals surface area contributed by atoms with Crippen molar-refractivity contribution >= 4 is 6.03 Å². The van der Waals surface area contributed by atoms with Gasteiger partial charge in [-0.2, -0.15) is 0 Å². The molecule has 0 aromatic heterocycles. The van der Waals surface area contributed by atoms with Gasteiger partial charge in [-0.05, 0) is 19.3 Å². The second-order valence-electron chi connectivity index (χ2n) is 4.51. The number of carbonyl (C=O) groups is 1. The smallest absolute Gasteiger partial charge is 0.315 e. The molecule has 16 heavy (non-hydrogen) atoms. The first-order valence-electron chi connectivity index (χ1n) is 6.32. The van der Waals surface area contributed by atoms with Crippen LogP contribution in [-0.2, 0) is 4.74 Å². The summed E-state index contributed by atoms with van der Waals surface area (Å²) in [6.07, 6.45) is 6.91. The van der Waals surface area contributed by atoms with Gasteiger partial charge in [-0.3, -0.25) is 0 Å². The standard InChI is InChI=1S/C12H24N2O2/c1-3-10(9-16-2)13-12(15)14-11-7-5-4-6-8-11/h10-11H,3-9H2,1-2H3,(H2,13,14,15)/t10-/m1/s1. The molecule has 2 N–H and O–H groups in total. The molecule has 0 aliphatic heterocycles. The predicted octanol–water partition coefficient (Wildman–Crippen LogP) is 2.04. The molecule has 4 nitrogen and oxygen atoms in total. The van der Waals surface area contributed by atoms with Crippen LogP contribution in [0.3, 0.4) is 0 Å². The molecule has 1 aliphatic carbocycles. The van der Waals surface area contributed by atoms with Crippen molar-refractivity contribution in [2.75, 3.05) is 13.7 Å². The van der Waals surface area contributed by atoms with E-state index in [1.807, 2.05) is 6.92 Å². The number of carbonyl (C=O) groups excluding carboxylic acids is 1. The Kier molecular flexibility index (Phi) is 6.23. The summed E-state index contributed by atoms with van der Waals surface area (Å²) < 4.78 is 5.04. The molecule has 0 radical (unpaired) electrons. The number of amides is 2. The van der Waals surface area contributed by atoms with E-state index in [1.165, 1.54) is 19.3 Å². The predicted molar refractivity (Wildman–Crippen MR) is 64.5 cm³/mol. The highest BCUT2D eigenvalue weighted by molar-refractivity contribution is 5.74. The molecule has 4 heteroatoms. The number of urea groups is 1. The Morgan fingerprint density at radius 2 is 2.06 bits per heavy atom. The zero-order valence-corrected chi connectivity index (χ0v) is 10.4. The quantitative estimate of drug-likeness (QED) is 0.756. The molecular weight excluding hydrogens is 204 g/mol. The fraction of sp³-hybridized carbons (Fsp3) is 0.917. The maximum Gasteiger partial charge on any atom is 0.315 e. The Hall–Kier alpha value is -0.770. The zero-order chi connectivity index (χ0) is 11.8. The second-order valence-corrected chi connectivity index (χ2v) is 4.51. The van der Waals surface area contributed by atoms with Gasteiger partial charge in [0.1, 0.15) is 0 Å². The molecule has 1 aliphatic rings. The first-order valence-corrected chi connectivity index (χ1v) is 6.32. The van der Waals surface area contributed by atoms with Crippen molar-refractivity contribution in [2.45, 2.75) is 57.5 Å². The molecule has 2 amide bonds. The summed E-state index contributed by atoms with van der Waals surface area (Å²) in [4.78, 5) is 11.7. The average molecular weight is 228 g/mol. The van der Waals surface area contributed by atoms with Gasteiger partial charge < -0.3 is 15.4 Å². The molecule has 1 fully saturated rings. The van der Waals surface area contributed by atoms with Crippen molar-refractivity contribution in [1.82, 2.24) is 10.6 Å². The lowest BCUT2D eigenvalue weighted by molar-refractivity contribution is 0.162. The van der Waals surface area contributed by atoms with E-state index >= 15 is 0 Å². The number of nitrogens with one attached hydrogen (secondary N) is 2. The van der Waals surface area contributed by atoms with Crippen molar-refractivity contribution in [3.05, 3.63) is 0 Å². The molecular formula is C12H24N2O2. The molecule has 1 atom stereocenters. The van der Waals surface area contributed by atoms with Gasteiger partial charge in [0, 0.05) is 13.2 Å². The van der Waals surface area contributed by atoms with Gasteiger partial charge in [-0.1, -0.05) is 26.2 Å². The van der Waals surface area contributed by atoms with Crippen LogP contribution in [0.15, 0.2) is 0 Å². The van der Waals surface area contributed by atoms with Crippen LogP contribution in [0.2, 0.25) is 0 Å². The summed E-state index contributed by atoms with van der Waals surface area (Å²) in [6.45, 7) is 2.62. The number of hydrogen-bond donors (Lipinski definition) is 2. The molecule has 94 valence electrons. The first kappa shape index (κ1) is 13.3. The summed E-state index contributed by atoms with van der Waals surface area (Å²) in [5, 5.41) is 5.98. The summed E-state index contributed by atoms with van der Waals surface area (Å²) in [5.41, 5.74) is 0. The topological polar surface area (TPSA) is 50.4 Å². The normalized spacial score (nSPS) is 19.1. The highest BCUT2D eigenvalue weighted by Crippen LogP contribution is 2.17. The Morgan fingerprint density at radius 1 is 1.38 bits per heavy atom. The van der Waals surface area contributed by atoms with E-state index in [2.05, 4.69) is 10.6 Å². The summed E-state index contributed by atoms with van der Waals surface area (Å²) in [6, 6.07) is 0.443. The highest BCUT2D eigenvalue weighted by atomic mass is 16.5. The average Bonchev–Trinajstić information content (AvgIpc) is 2.29. The Bertz CT molecular complexity index is 194. The number of ether oxygens (including phenoxy) is 1. The van der Waals surface area contributed by atoms with Crippen molar-refractivity contribution < 1.29 is 9.53 Å². The van der Waals surface area contributed by atoms with E-state index in [-0.39, 0.29) is 12.1 Å². The van der Waals surface area contributed by atoms with Crippen LogP contribution in [0, 0.1) is 0 Å². The van der Waals surface area contributed by atoms with Gasteiger partial charge in [-0.15, -0.1) is 0 Å². The van der Waals surface area contributed by atoms with Crippen LogP contribution in [0.5, 0.6) is 0 Å². The SMILES string of the molecule is CC[C@H](COC)NC(=O)NC1CCCCC1. The largest absolute Gasteiger partial charge is 0.383 e. The molecule has 0 aromatic carbocycles. The minimum Gasteiger partial charge on any atom is -0.383 e. The zero-order valence-electron chi connectivity index (χ0n) is 10.4. The first-order chi connectivity index (χ1) is 7.76. The molecule has 1 rings (SSSR count). The Morgan fingerprint density at radius 3 is 2.62 bits per heavy atom. The fourth-order valence-corrected chi connectivity index (χ4v) is 2.12. The molecule has 0 spiro atoms. The van der Waals surface area contributed by atoms with Crippen LogP contribution in [0.4, 0.5) is 4.79 Å². The van der Waals surface area contributed by atoms with Gasteiger partial charge in [0.15, 0.2) is 0 Å². The molecule has 0 heterocycles. The second kappa shape index (κ2) is 7.49. The fourth-order valence-electron chi connectivity index (χ4n) is 2.12. The summed E-state index contributed by atoms with van der Waals surface area (Å²) in [5.74, 6) is 0. The number of rotatable bonds is 5. The highest BCUT2D eigenvalue weighted by Gasteiger charge is 2.17. The summed E-state index contributed by atoms with van der Waals surface area (Å²) in [7, 11) is 1.66. The van der Waals surface area contributed by atoms with Crippen LogP contribution >= 0.6 is 0 Å².